The van der Waals surface area contributed by atoms with E-state index in [0.717, 1.165) is 43.1 Å². The van der Waals surface area contributed by atoms with E-state index in [1.54, 1.807) is 18.3 Å². The molecule has 1 aliphatic heterocycles. The summed E-state index contributed by atoms with van der Waals surface area (Å²) < 4.78 is 0.862. The minimum Gasteiger partial charge on any atom is -0.274 e. The highest BCUT2D eigenvalue weighted by Crippen LogP contribution is 2.63. The third-order valence-electron chi connectivity index (χ3n) is 9.46. The second kappa shape index (κ2) is 10.1. The van der Waals surface area contributed by atoms with E-state index >= 15 is 0 Å². The summed E-state index contributed by atoms with van der Waals surface area (Å²) in [6.07, 6.45) is 1.86. The first-order valence-electron chi connectivity index (χ1n) is 14.6. The van der Waals surface area contributed by atoms with Crippen molar-refractivity contribution in [2.45, 2.75) is 17.8 Å². The van der Waals surface area contributed by atoms with Crippen molar-refractivity contribution in [2.75, 3.05) is 4.90 Å². The number of nitrogens with one attached hydrogen (secondary N) is 1. The number of amides is 3. The first-order chi connectivity index (χ1) is 21.5. The van der Waals surface area contributed by atoms with Crippen LogP contribution in [0.3, 0.4) is 0 Å². The lowest BCUT2D eigenvalue weighted by Crippen LogP contribution is -2.54. The highest BCUT2D eigenvalue weighted by Gasteiger charge is 2.68. The van der Waals surface area contributed by atoms with E-state index in [9.17, 15) is 14.4 Å². The predicted octanol–water partition coefficient (Wildman–Crippen LogP) is 6.50. The number of fused-ring (bicyclic) bond motifs is 1. The van der Waals surface area contributed by atoms with Crippen molar-refractivity contribution >= 4 is 56.3 Å². The second-order valence-electron chi connectivity index (χ2n) is 11.6. The number of hydrogen-bond acceptors (Lipinski definition) is 4. The Morgan fingerprint density at radius 1 is 0.795 bits per heavy atom. The van der Waals surface area contributed by atoms with E-state index in [-0.39, 0.29) is 30.1 Å². The van der Waals surface area contributed by atoms with Crippen molar-refractivity contribution in [2.24, 2.45) is 16.9 Å². The van der Waals surface area contributed by atoms with Gasteiger partial charge in [-0.3, -0.25) is 14.4 Å². The number of hydrazone groups is 1. The summed E-state index contributed by atoms with van der Waals surface area (Å²) in [5.74, 6) is -2.32. The molecule has 6 nitrogen and oxygen atoms in total. The van der Waals surface area contributed by atoms with E-state index in [1.165, 1.54) is 4.90 Å². The van der Waals surface area contributed by atoms with E-state index < -0.39 is 17.3 Å². The van der Waals surface area contributed by atoms with Gasteiger partial charge in [0.1, 0.15) is 0 Å². The van der Waals surface area contributed by atoms with Crippen LogP contribution in [0.2, 0.25) is 0 Å². The van der Waals surface area contributed by atoms with Crippen molar-refractivity contribution < 1.29 is 14.4 Å². The van der Waals surface area contributed by atoms with E-state index in [1.807, 2.05) is 103 Å². The molecule has 4 aliphatic rings. The number of rotatable bonds is 5. The summed E-state index contributed by atoms with van der Waals surface area (Å²) in [5.41, 5.74) is 7.06. The molecular formula is C37H26BrN3O3. The third kappa shape index (κ3) is 3.78. The zero-order valence-electron chi connectivity index (χ0n) is 23.5. The number of anilines is 1. The zero-order chi connectivity index (χ0) is 30.0. The molecule has 9 rings (SSSR count). The van der Waals surface area contributed by atoms with Crippen molar-refractivity contribution in [3.63, 3.8) is 0 Å². The predicted molar refractivity (Wildman–Crippen MR) is 173 cm³/mol. The molecule has 0 saturated carbocycles. The topological polar surface area (TPSA) is 78.8 Å². The zero-order valence-corrected chi connectivity index (χ0v) is 25.1. The molecule has 0 spiro atoms. The Morgan fingerprint density at radius 2 is 1.43 bits per heavy atom. The Bertz CT molecular complexity index is 1980. The standard InChI is InChI=1S/C37H26BrN3O3/c38-24-16-18-25(19-17-24)41-35(43)33-32-27-12-3-5-14-29(27)37(34(33)36(41)44,30-15-6-4-13-28(30)32)21-39-40-31(42)20-23-10-7-9-22-8-1-2-11-26(22)23/h1-19,21,32-34H,20H2,(H,40,42)/b39-21-/t32?,33-,34+,37?/m0/s1. The minimum absolute atomic E-state index is 0.155. The Balaban J connectivity index is 1.22. The molecule has 0 aromatic heterocycles. The van der Waals surface area contributed by atoms with Crippen LogP contribution in [-0.4, -0.2) is 23.9 Å². The van der Waals surface area contributed by atoms with Gasteiger partial charge in [0.2, 0.25) is 17.7 Å². The van der Waals surface area contributed by atoms with Crippen molar-refractivity contribution in [1.82, 2.24) is 5.43 Å². The van der Waals surface area contributed by atoms with Crippen LogP contribution in [0, 0.1) is 11.8 Å². The van der Waals surface area contributed by atoms with Crippen LogP contribution in [-0.2, 0) is 26.2 Å². The number of halogens is 1. The highest BCUT2D eigenvalue weighted by atomic mass is 79.9. The average molecular weight is 641 g/mol. The van der Waals surface area contributed by atoms with Gasteiger partial charge in [0.15, 0.2) is 0 Å². The molecule has 7 heteroatoms. The van der Waals surface area contributed by atoms with Crippen LogP contribution >= 0.6 is 15.9 Å². The lowest BCUT2D eigenvalue weighted by molar-refractivity contribution is -0.123. The molecule has 2 bridgehead atoms. The molecule has 44 heavy (non-hydrogen) atoms. The molecule has 214 valence electrons. The van der Waals surface area contributed by atoms with Crippen LogP contribution in [0.5, 0.6) is 0 Å². The number of carbonyl (C=O) groups is 3. The lowest BCUT2D eigenvalue weighted by atomic mass is 9.47. The van der Waals surface area contributed by atoms with Gasteiger partial charge in [-0.1, -0.05) is 107 Å². The van der Waals surface area contributed by atoms with Crippen LogP contribution in [0.25, 0.3) is 10.8 Å². The molecule has 1 fully saturated rings. The van der Waals surface area contributed by atoms with E-state index in [4.69, 9.17) is 0 Å². The molecule has 5 aromatic rings. The third-order valence-corrected chi connectivity index (χ3v) is 9.99. The van der Waals surface area contributed by atoms with Crippen LogP contribution in [0.4, 0.5) is 5.69 Å². The number of benzene rings is 5. The molecule has 0 radical (unpaired) electrons. The smallest absolute Gasteiger partial charge is 0.244 e. The SMILES string of the molecule is O=C(Cc1cccc2ccccc12)N/N=C\C12c3ccccc3C(c3ccccc31)[C@@H]1C(=O)N(c3ccc(Br)cc3)C(=O)[C@@H]12. The monoisotopic (exact) mass is 639 g/mol. The van der Waals surface area contributed by atoms with E-state index in [0.29, 0.717) is 5.69 Å². The summed E-state index contributed by atoms with van der Waals surface area (Å²) in [7, 11) is 0. The molecular weight excluding hydrogens is 614 g/mol. The summed E-state index contributed by atoms with van der Waals surface area (Å²) in [4.78, 5) is 43.3. The van der Waals surface area contributed by atoms with Gasteiger partial charge in [-0.15, -0.1) is 0 Å². The van der Waals surface area contributed by atoms with Crippen LogP contribution in [0.1, 0.15) is 33.7 Å². The van der Waals surface area contributed by atoms with Gasteiger partial charge in [0.05, 0.1) is 29.4 Å². The fourth-order valence-electron chi connectivity index (χ4n) is 7.76. The van der Waals surface area contributed by atoms with Crippen LogP contribution in [0.15, 0.2) is 125 Å². The molecule has 1 saturated heterocycles. The molecule has 5 aromatic carbocycles. The molecule has 0 unspecified atom stereocenters. The Morgan fingerprint density at radius 3 is 2.16 bits per heavy atom. The number of imide groups is 1. The fraction of sp³-hybridized carbons (Fsp3) is 0.135. The number of nitrogens with zero attached hydrogens (tertiary/aromatic N) is 2. The molecule has 3 amide bonds. The number of hydrogen-bond donors (Lipinski definition) is 1. The summed E-state index contributed by atoms with van der Waals surface area (Å²) >= 11 is 3.45. The summed E-state index contributed by atoms with van der Waals surface area (Å²) in [6.45, 7) is 0. The highest BCUT2D eigenvalue weighted by molar-refractivity contribution is 9.10. The second-order valence-corrected chi connectivity index (χ2v) is 12.5. The first kappa shape index (κ1) is 26.7. The lowest BCUT2D eigenvalue weighted by Gasteiger charge is -2.52. The fourth-order valence-corrected chi connectivity index (χ4v) is 8.02. The molecule has 3 aliphatic carbocycles. The maximum atomic E-state index is 14.5. The maximum Gasteiger partial charge on any atom is 0.244 e. The van der Waals surface area contributed by atoms with Gasteiger partial charge in [-0.25, -0.2) is 10.3 Å². The van der Waals surface area contributed by atoms with Gasteiger partial charge in [-0.2, -0.15) is 5.10 Å². The van der Waals surface area contributed by atoms with Gasteiger partial charge < -0.3 is 0 Å². The minimum atomic E-state index is -1.05. The normalized spacial score (nSPS) is 23.1. The average Bonchev–Trinajstić information content (AvgIpc) is 3.32. The van der Waals surface area contributed by atoms with Crippen LogP contribution < -0.4 is 10.3 Å². The van der Waals surface area contributed by atoms with Gasteiger partial charge >= 0.3 is 0 Å². The maximum absolute atomic E-state index is 14.5. The van der Waals surface area contributed by atoms with Crippen molar-refractivity contribution in [3.8, 4) is 0 Å². The quantitative estimate of drug-likeness (QED) is 0.135. The Hall–Kier alpha value is -4.88. The van der Waals surface area contributed by atoms with Crippen molar-refractivity contribution in [1.29, 1.82) is 0 Å². The van der Waals surface area contributed by atoms with Gasteiger partial charge in [-0.05, 0) is 62.9 Å². The Labute approximate surface area is 262 Å². The molecule has 1 N–H and O–H groups in total. The summed E-state index contributed by atoms with van der Waals surface area (Å²) in [5, 5.41) is 6.64. The summed E-state index contributed by atoms with van der Waals surface area (Å²) in [6, 6.07) is 37.1. The first-order valence-corrected chi connectivity index (χ1v) is 15.4. The van der Waals surface area contributed by atoms with Crippen molar-refractivity contribution in [3.05, 3.63) is 148 Å². The van der Waals surface area contributed by atoms with E-state index in [2.05, 4.69) is 26.5 Å². The largest absolute Gasteiger partial charge is 0.274 e. The van der Waals surface area contributed by atoms with Gasteiger partial charge in [0, 0.05) is 16.6 Å². The number of carbonyl (C=O) groups excluding carboxylic acids is 3. The Kier molecular flexibility index (Phi) is 6.13. The molecule has 2 atom stereocenters. The molecule has 1 heterocycles. The van der Waals surface area contributed by atoms with Gasteiger partial charge in [0.25, 0.3) is 0 Å².